The van der Waals surface area contributed by atoms with Gasteiger partial charge in [-0.05, 0) is 31.9 Å². The minimum absolute atomic E-state index is 0.247. The molecule has 0 radical (unpaired) electrons. The van der Waals surface area contributed by atoms with E-state index in [0.29, 0.717) is 32.9 Å². The summed E-state index contributed by atoms with van der Waals surface area (Å²) in [6, 6.07) is 5.00. The summed E-state index contributed by atoms with van der Waals surface area (Å²) in [6.45, 7) is 1.71. The molecule has 1 aliphatic rings. The molecule has 8 heteroatoms. The SMILES string of the molecule is Cc1noc(C2CC2)c1C(=O)Nc1cccc2nc(C(F)F)sc12. The third-order valence-electron chi connectivity index (χ3n) is 3.93. The fourth-order valence-corrected chi connectivity index (χ4v) is 3.52. The Morgan fingerprint density at radius 3 is 2.92 bits per heavy atom. The second-order valence-electron chi connectivity index (χ2n) is 5.74. The molecule has 5 nitrogen and oxygen atoms in total. The van der Waals surface area contributed by atoms with E-state index in [0.717, 1.165) is 24.2 Å². The van der Waals surface area contributed by atoms with Crippen LogP contribution in [0.2, 0.25) is 0 Å². The number of alkyl halides is 2. The molecule has 0 unspecified atom stereocenters. The van der Waals surface area contributed by atoms with Crippen LogP contribution in [0.25, 0.3) is 10.2 Å². The maximum absolute atomic E-state index is 12.9. The fraction of sp³-hybridized carbons (Fsp3) is 0.312. The van der Waals surface area contributed by atoms with Gasteiger partial charge in [-0.15, -0.1) is 11.3 Å². The number of aryl methyl sites for hydroxylation is 1. The van der Waals surface area contributed by atoms with Crippen LogP contribution in [0, 0.1) is 6.92 Å². The number of rotatable bonds is 4. The monoisotopic (exact) mass is 349 g/mol. The van der Waals surface area contributed by atoms with Crippen molar-refractivity contribution < 1.29 is 18.1 Å². The molecule has 0 spiro atoms. The van der Waals surface area contributed by atoms with Gasteiger partial charge < -0.3 is 9.84 Å². The Morgan fingerprint density at radius 2 is 2.21 bits per heavy atom. The van der Waals surface area contributed by atoms with E-state index >= 15 is 0 Å². The summed E-state index contributed by atoms with van der Waals surface area (Å²) >= 11 is 0.883. The van der Waals surface area contributed by atoms with Gasteiger partial charge in [0.05, 0.1) is 21.6 Å². The summed E-state index contributed by atoms with van der Waals surface area (Å²) in [4.78, 5) is 16.6. The molecule has 1 fully saturated rings. The van der Waals surface area contributed by atoms with Crippen molar-refractivity contribution in [2.24, 2.45) is 0 Å². The van der Waals surface area contributed by atoms with Crippen molar-refractivity contribution in [3.63, 3.8) is 0 Å². The van der Waals surface area contributed by atoms with Crippen LogP contribution in [0.15, 0.2) is 22.7 Å². The van der Waals surface area contributed by atoms with E-state index in [9.17, 15) is 13.6 Å². The lowest BCUT2D eigenvalue weighted by Crippen LogP contribution is -2.14. The van der Waals surface area contributed by atoms with E-state index in [2.05, 4.69) is 15.5 Å². The van der Waals surface area contributed by atoms with Crippen molar-refractivity contribution in [2.45, 2.75) is 32.1 Å². The van der Waals surface area contributed by atoms with Gasteiger partial charge >= 0.3 is 0 Å². The first kappa shape index (κ1) is 15.2. The van der Waals surface area contributed by atoms with Gasteiger partial charge in [0, 0.05) is 5.92 Å². The van der Waals surface area contributed by atoms with Crippen LogP contribution in [0.5, 0.6) is 0 Å². The summed E-state index contributed by atoms with van der Waals surface area (Å²) in [5.41, 5.74) is 1.87. The third-order valence-corrected chi connectivity index (χ3v) is 5.04. The van der Waals surface area contributed by atoms with E-state index < -0.39 is 6.43 Å². The topological polar surface area (TPSA) is 68.0 Å². The average Bonchev–Trinajstić information content (AvgIpc) is 3.16. The third kappa shape index (κ3) is 2.56. The van der Waals surface area contributed by atoms with Gasteiger partial charge in [0.2, 0.25) is 0 Å². The van der Waals surface area contributed by atoms with Crippen molar-refractivity contribution >= 4 is 33.1 Å². The van der Waals surface area contributed by atoms with Gasteiger partial charge in [-0.2, -0.15) is 0 Å². The highest BCUT2D eigenvalue weighted by Crippen LogP contribution is 2.42. The van der Waals surface area contributed by atoms with Crippen LogP contribution in [0.1, 0.15) is 52.0 Å². The van der Waals surface area contributed by atoms with Crippen molar-refractivity contribution in [2.75, 3.05) is 5.32 Å². The highest BCUT2D eigenvalue weighted by molar-refractivity contribution is 7.19. The van der Waals surface area contributed by atoms with E-state index in [1.54, 1.807) is 25.1 Å². The molecule has 1 saturated carbocycles. The van der Waals surface area contributed by atoms with Crippen LogP contribution >= 0.6 is 11.3 Å². The highest BCUT2D eigenvalue weighted by atomic mass is 32.1. The molecule has 2 aromatic heterocycles. The molecule has 1 aromatic carbocycles. The number of fused-ring (bicyclic) bond motifs is 1. The molecule has 24 heavy (non-hydrogen) atoms. The zero-order valence-electron chi connectivity index (χ0n) is 12.7. The maximum Gasteiger partial charge on any atom is 0.289 e. The zero-order valence-corrected chi connectivity index (χ0v) is 13.5. The molecule has 2 heterocycles. The predicted octanol–water partition coefficient (Wildman–Crippen LogP) is 4.66. The number of thiazole rings is 1. The molecule has 4 rings (SSSR count). The average molecular weight is 349 g/mol. The Balaban J connectivity index is 1.69. The fourth-order valence-electron chi connectivity index (χ4n) is 2.63. The predicted molar refractivity (Wildman–Crippen MR) is 85.7 cm³/mol. The number of nitrogens with zero attached hydrogens (tertiary/aromatic N) is 2. The highest BCUT2D eigenvalue weighted by Gasteiger charge is 2.34. The zero-order chi connectivity index (χ0) is 16.8. The Hall–Kier alpha value is -2.35. The number of carbonyl (C=O) groups excluding carboxylic acids is 1. The van der Waals surface area contributed by atoms with E-state index in [1.165, 1.54) is 0 Å². The number of nitrogens with one attached hydrogen (secondary N) is 1. The molecule has 0 aliphatic heterocycles. The number of anilines is 1. The Bertz CT molecular complexity index is 931. The summed E-state index contributed by atoms with van der Waals surface area (Å²) < 4.78 is 31.5. The Kier molecular flexibility index (Phi) is 3.56. The van der Waals surface area contributed by atoms with Gasteiger partial charge in [0.15, 0.2) is 10.8 Å². The molecule has 0 bridgehead atoms. The lowest BCUT2D eigenvalue weighted by atomic mass is 10.1. The Morgan fingerprint density at radius 1 is 1.42 bits per heavy atom. The quantitative estimate of drug-likeness (QED) is 0.744. The normalized spacial score (nSPS) is 14.5. The van der Waals surface area contributed by atoms with Gasteiger partial charge in [-0.3, -0.25) is 4.79 Å². The smallest absolute Gasteiger partial charge is 0.289 e. The van der Waals surface area contributed by atoms with Crippen LogP contribution in [-0.2, 0) is 0 Å². The minimum atomic E-state index is -2.63. The van der Waals surface area contributed by atoms with Crippen molar-refractivity contribution in [3.8, 4) is 0 Å². The molecule has 1 aliphatic carbocycles. The Labute approximate surface area is 139 Å². The van der Waals surface area contributed by atoms with E-state index in [-0.39, 0.29) is 16.8 Å². The summed E-state index contributed by atoms with van der Waals surface area (Å²) in [6.07, 6.45) is -0.665. The number of hydrogen-bond donors (Lipinski definition) is 1. The molecule has 1 amide bonds. The number of hydrogen-bond acceptors (Lipinski definition) is 5. The summed E-state index contributed by atoms with van der Waals surface area (Å²) in [7, 11) is 0. The molecule has 0 atom stereocenters. The van der Waals surface area contributed by atoms with Gasteiger partial charge in [0.1, 0.15) is 5.56 Å². The minimum Gasteiger partial charge on any atom is -0.360 e. The first-order valence-electron chi connectivity index (χ1n) is 7.49. The number of halogens is 2. The van der Waals surface area contributed by atoms with Crippen LogP contribution in [0.4, 0.5) is 14.5 Å². The van der Waals surface area contributed by atoms with Crippen molar-refractivity contribution in [1.82, 2.24) is 10.1 Å². The van der Waals surface area contributed by atoms with E-state index in [4.69, 9.17) is 4.52 Å². The maximum atomic E-state index is 12.9. The molecule has 3 aromatic rings. The second-order valence-corrected chi connectivity index (χ2v) is 6.77. The number of aromatic nitrogens is 2. The van der Waals surface area contributed by atoms with Crippen molar-refractivity contribution in [1.29, 1.82) is 0 Å². The van der Waals surface area contributed by atoms with Crippen molar-refractivity contribution in [3.05, 3.63) is 40.2 Å². The number of carbonyl (C=O) groups is 1. The lowest BCUT2D eigenvalue weighted by Gasteiger charge is -2.06. The molecular formula is C16H13F2N3O2S. The molecule has 1 N–H and O–H groups in total. The first-order chi connectivity index (χ1) is 11.5. The lowest BCUT2D eigenvalue weighted by molar-refractivity contribution is 0.102. The van der Waals surface area contributed by atoms with Gasteiger partial charge in [-0.1, -0.05) is 11.2 Å². The largest absolute Gasteiger partial charge is 0.360 e. The van der Waals surface area contributed by atoms with Crippen LogP contribution in [-0.4, -0.2) is 16.0 Å². The first-order valence-corrected chi connectivity index (χ1v) is 8.31. The number of benzene rings is 1. The summed E-state index contributed by atoms with van der Waals surface area (Å²) in [5, 5.41) is 6.42. The van der Waals surface area contributed by atoms with Crippen LogP contribution in [0.3, 0.4) is 0 Å². The van der Waals surface area contributed by atoms with Crippen LogP contribution < -0.4 is 5.32 Å². The molecule has 124 valence electrons. The van der Waals surface area contributed by atoms with Gasteiger partial charge in [-0.25, -0.2) is 13.8 Å². The molecule has 0 saturated heterocycles. The second kappa shape index (κ2) is 5.62. The standard InChI is InChI=1S/C16H13F2N3O2S/c1-7-11(12(23-21-7)8-5-6-8)15(22)19-9-3-2-4-10-13(9)24-16(20-10)14(17)18/h2-4,8,14H,5-6H2,1H3,(H,19,22). The van der Waals surface area contributed by atoms with Gasteiger partial charge in [0.25, 0.3) is 12.3 Å². The molecular weight excluding hydrogens is 336 g/mol. The number of amides is 1. The summed E-state index contributed by atoms with van der Waals surface area (Å²) in [5.74, 6) is 0.515. The van der Waals surface area contributed by atoms with E-state index in [1.807, 2.05) is 0 Å².